The van der Waals surface area contributed by atoms with Gasteiger partial charge in [-0.2, -0.15) is 25.3 Å². The predicted molar refractivity (Wildman–Crippen MR) is 534 cm³/mol. The molecule has 116 heavy (non-hydrogen) atoms. The number of Topliss-reactive ketones (excluding diaryl/α,β-unsaturated/α-hetero) is 3. The van der Waals surface area contributed by atoms with Crippen LogP contribution in [0.2, 0.25) is 30.1 Å². The van der Waals surface area contributed by atoms with Crippen molar-refractivity contribution in [2.45, 2.75) is 137 Å². The number of carbonyl (C=O) groups is 3. The van der Waals surface area contributed by atoms with Crippen molar-refractivity contribution in [1.82, 2.24) is 0 Å². The number of benzene rings is 6. The Morgan fingerprint density at radius 3 is 0.983 bits per heavy atom. The van der Waals surface area contributed by atoms with E-state index in [2.05, 4.69) is 144 Å². The van der Waals surface area contributed by atoms with E-state index in [0.29, 0.717) is 88.7 Å². The third-order valence-electron chi connectivity index (χ3n) is 19.3. The van der Waals surface area contributed by atoms with Gasteiger partial charge >= 0.3 is 1.43 Å². The fourth-order valence-corrected chi connectivity index (χ4v) is 25.6. The molecule has 6 aromatic carbocycles. The summed E-state index contributed by atoms with van der Waals surface area (Å²) in [6.45, 7) is 24.0. The van der Waals surface area contributed by atoms with E-state index in [9.17, 15) is 14.4 Å². The average molecular weight is 1900 g/mol. The van der Waals surface area contributed by atoms with E-state index in [-0.39, 0.29) is 37.0 Å². The minimum atomic E-state index is -0.196. The molecule has 0 aliphatic carbocycles. The monoisotopic (exact) mass is 1900 g/mol. The van der Waals surface area contributed by atoms with Crippen molar-refractivity contribution in [3.05, 3.63) is 213 Å². The fraction of sp³-hybridized carbons (Fsp3) is 0.433. The molecule has 3 aliphatic heterocycles. The number of hydrogen-bond acceptors (Lipinski definition) is 20. The number of unbranched alkanes of at least 4 members (excludes halogenated alkanes) is 3. The number of thiol groups is 2. The average Bonchev–Trinajstić information content (AvgIpc) is 0.766. The van der Waals surface area contributed by atoms with Crippen molar-refractivity contribution in [2.75, 3.05) is 107 Å². The Hall–Kier alpha value is -2.84. The summed E-state index contributed by atoms with van der Waals surface area (Å²) >= 11 is 65.3. The quantitative estimate of drug-likeness (QED) is 0.0224. The Labute approximate surface area is 772 Å². The molecule has 3 aliphatic rings. The van der Waals surface area contributed by atoms with Gasteiger partial charge in [0, 0.05) is 38.5 Å². The SMILES string of the molecule is C=C(CCCC=C(c1cc(Cl)c(OC)c(C(=C)SC)c1)c1cc(Cl)c(OC)c(C(=C)SC)c1)SC.COc1c(Cl)cc(C(=CCCCC(C)=O)c2cc(Cl)c(OC)c(C(C)=O)c2)cc1C(C)=O.COc1c(Cl)cc(C(=CCCCC2(C)SCCCS2)c2cc(Cl)c(OC)c(C3(C)SCCCS3)c2)cc1C1(C)SCCCS1.SCCCS.[H+]. The van der Waals surface area contributed by atoms with Gasteiger partial charge in [0.15, 0.2) is 11.6 Å². The number of ketones is 3. The Morgan fingerprint density at radius 1 is 0.414 bits per heavy atom. The maximum Gasteiger partial charge on any atom is 1.00 e. The zero-order valence-electron chi connectivity index (χ0n) is 70.1. The van der Waals surface area contributed by atoms with Crippen LogP contribution in [0.1, 0.15) is 203 Å². The molecule has 3 fully saturated rings. The first-order valence-corrected chi connectivity index (χ1v) is 51.1. The largest absolute Gasteiger partial charge is 1.00 e. The normalized spacial score (nSPS) is 14.4. The number of halogens is 6. The Bertz CT molecular complexity index is 4280. The second kappa shape index (κ2) is 50.8. The zero-order chi connectivity index (χ0) is 85.6. The summed E-state index contributed by atoms with van der Waals surface area (Å²) in [6.07, 6.45) is 25.4. The van der Waals surface area contributed by atoms with Crippen LogP contribution in [0.3, 0.4) is 0 Å². The molecule has 6 aromatic rings. The number of carbonyl (C=O) groups excluding carboxylic acids is 3. The summed E-state index contributed by atoms with van der Waals surface area (Å²) in [5.41, 5.74) is 13.2. The molecule has 0 atom stereocenters. The first-order valence-electron chi connectivity index (χ1n) is 38.0. The Balaban J connectivity index is 0.000000307. The van der Waals surface area contributed by atoms with Crippen molar-refractivity contribution < 1.29 is 44.2 Å². The van der Waals surface area contributed by atoms with Crippen LogP contribution in [-0.4, -0.2) is 129 Å². The molecule has 9 rings (SSSR count). The highest BCUT2D eigenvalue weighted by Crippen LogP contribution is 2.58. The van der Waals surface area contributed by atoms with Gasteiger partial charge in [-0.3, -0.25) is 9.59 Å². The van der Waals surface area contributed by atoms with Crippen molar-refractivity contribution in [2.24, 2.45) is 0 Å². The summed E-state index contributed by atoms with van der Waals surface area (Å²) in [5.74, 6) is 12.1. The maximum atomic E-state index is 12.2. The molecule has 9 nitrogen and oxygen atoms in total. The predicted octanol–water partition coefficient (Wildman–Crippen LogP) is 30.4. The van der Waals surface area contributed by atoms with Gasteiger partial charge in [-0.1, -0.05) is 108 Å². The van der Waals surface area contributed by atoms with Gasteiger partial charge in [-0.25, -0.2) is 0 Å². The Kier molecular flexibility index (Phi) is 44.7. The standard InChI is InChI=1S/C34H44Cl2O2S6.C28H32Cl2O2S3.C25H26Cl2O5.C3H8S2/c1-32(39-13-8-14-40-32)12-7-6-11-25(23-19-26(30(37-4)28(35)21-23)33(2)41-15-9-16-42-33)24-20-27(31(38-5)29(36)22-24)34(3)43-17-10-18-44-34;1-17(33-6)11-9-10-12-22(20-13-23(18(2)34-7)27(31-4)25(29)15-20)21-14-24(19(3)35-8)28(32-5)26(30)16-21;1-14(28)8-6-7-9-19(17-10-20(15(2)29)24(31-4)22(26)12-17)18-11-21(16(3)30)25(32-5)23(27)13-18;4-2-1-3-5/h11,19-22H,6-10,12-18H2,1-5H3;12-16H,1-3,9-11H2,4-8H3;9-13H,6-8H2,1-5H3;4-5H,1-3H2/p+1. The molecule has 0 N–H and O–H groups in total. The lowest BCUT2D eigenvalue weighted by atomic mass is 9.92. The van der Waals surface area contributed by atoms with Crippen LogP contribution in [0.15, 0.2) is 116 Å². The summed E-state index contributed by atoms with van der Waals surface area (Å²) in [5, 5.41) is 2.96. The van der Waals surface area contributed by atoms with Crippen LogP contribution in [0, 0.1) is 0 Å². The third-order valence-corrected chi connectivity index (χ3v) is 33.6. The molecule has 632 valence electrons. The molecule has 3 heterocycles. The van der Waals surface area contributed by atoms with Gasteiger partial charge in [0.25, 0.3) is 0 Å². The van der Waals surface area contributed by atoms with Gasteiger partial charge in [-0.15, -0.1) is 106 Å². The number of thioether (sulfide) groups is 9. The number of rotatable bonds is 35. The van der Waals surface area contributed by atoms with Gasteiger partial charge in [0.05, 0.1) is 96.2 Å². The number of methoxy groups -OCH3 is 6. The molecule has 26 heteroatoms. The number of allylic oxidation sites excluding steroid dienone is 4. The Morgan fingerprint density at radius 2 is 0.698 bits per heavy atom. The van der Waals surface area contributed by atoms with Crippen LogP contribution in [0.4, 0.5) is 0 Å². The molecular formula is C90H111Cl6O9S11+. The molecule has 3 saturated heterocycles. The van der Waals surface area contributed by atoms with Gasteiger partial charge in [0.2, 0.25) is 0 Å². The molecule has 0 unspecified atom stereocenters. The minimum absolute atomic E-state index is 0. The van der Waals surface area contributed by atoms with Gasteiger partial charge < -0.3 is 33.2 Å². The highest BCUT2D eigenvalue weighted by Gasteiger charge is 2.38. The summed E-state index contributed by atoms with van der Waals surface area (Å²) < 4.78 is 33.8. The van der Waals surface area contributed by atoms with Crippen LogP contribution >= 0.6 is 201 Å². The van der Waals surface area contributed by atoms with Crippen molar-refractivity contribution in [3.8, 4) is 34.5 Å². The van der Waals surface area contributed by atoms with E-state index < -0.39 is 0 Å². The zero-order valence-corrected chi connectivity index (χ0v) is 82.8. The van der Waals surface area contributed by atoms with Gasteiger partial charge in [0.1, 0.15) is 40.3 Å². The second-order valence-electron chi connectivity index (χ2n) is 27.6. The topological polar surface area (TPSA) is 107 Å². The van der Waals surface area contributed by atoms with Crippen LogP contribution < -0.4 is 28.4 Å². The van der Waals surface area contributed by atoms with Crippen molar-refractivity contribution >= 4 is 245 Å². The molecule has 0 amide bonds. The summed E-state index contributed by atoms with van der Waals surface area (Å²) in [6, 6.07) is 23.7. The number of ether oxygens (including phenoxy) is 6. The van der Waals surface area contributed by atoms with E-state index in [4.69, 9.17) is 98.0 Å². The van der Waals surface area contributed by atoms with E-state index >= 15 is 0 Å². The lowest BCUT2D eigenvalue weighted by Gasteiger charge is -2.35. The molecule has 0 spiro atoms. The lowest BCUT2D eigenvalue weighted by Crippen LogP contribution is -2.20. The van der Waals surface area contributed by atoms with Crippen LogP contribution in [0.25, 0.3) is 26.5 Å². The van der Waals surface area contributed by atoms with Crippen molar-refractivity contribution in [3.63, 3.8) is 0 Å². The van der Waals surface area contributed by atoms with Gasteiger partial charge in [-0.05, 0) is 311 Å². The van der Waals surface area contributed by atoms with Crippen LogP contribution in [-0.2, 0) is 13.0 Å². The van der Waals surface area contributed by atoms with E-state index in [0.717, 1.165) is 150 Å². The minimum Gasteiger partial charge on any atom is -0.495 e. The summed E-state index contributed by atoms with van der Waals surface area (Å²) in [4.78, 5) is 38.7. The highest BCUT2D eigenvalue weighted by molar-refractivity contribution is 8.19. The van der Waals surface area contributed by atoms with E-state index in [1.807, 2.05) is 77.8 Å². The first-order chi connectivity index (χ1) is 55.3. The van der Waals surface area contributed by atoms with Crippen molar-refractivity contribution in [1.29, 1.82) is 0 Å². The fourth-order valence-electron chi connectivity index (χ4n) is 13.2. The first kappa shape index (κ1) is 102. The molecular weight excluding hydrogens is 1790 g/mol. The molecule has 0 bridgehead atoms. The maximum absolute atomic E-state index is 12.2. The second-order valence-corrected chi connectivity index (χ2v) is 43.7. The third kappa shape index (κ3) is 28.6. The summed E-state index contributed by atoms with van der Waals surface area (Å²) in [7, 11) is 9.62. The van der Waals surface area contributed by atoms with Crippen LogP contribution in [0.5, 0.6) is 34.5 Å². The highest BCUT2D eigenvalue weighted by atomic mass is 35.5. The lowest BCUT2D eigenvalue weighted by molar-refractivity contribution is -0.117. The smallest absolute Gasteiger partial charge is 0.495 e. The number of hydrogen-bond donors (Lipinski definition) is 2. The van der Waals surface area contributed by atoms with E-state index in [1.165, 1.54) is 75.7 Å². The molecule has 0 saturated carbocycles. The molecule has 0 aromatic heterocycles. The van der Waals surface area contributed by atoms with E-state index in [1.54, 1.807) is 94.9 Å². The molecule has 0 radical (unpaired) electrons.